The third kappa shape index (κ3) is 2.49. The maximum absolute atomic E-state index is 13.5. The Morgan fingerprint density at radius 1 is 0.947 bits per heavy atom. The molecule has 0 fully saturated rings. The van der Waals surface area contributed by atoms with Gasteiger partial charge in [0.05, 0.1) is 0 Å². The van der Waals surface area contributed by atoms with Crippen molar-refractivity contribution in [1.29, 1.82) is 0 Å². The van der Waals surface area contributed by atoms with E-state index < -0.39 is 40.2 Å². The van der Waals surface area contributed by atoms with Gasteiger partial charge in [-0.25, -0.2) is 8.78 Å². The van der Waals surface area contributed by atoms with Crippen LogP contribution in [-0.4, -0.2) is 4.98 Å². The van der Waals surface area contributed by atoms with Crippen LogP contribution in [0.2, 0.25) is 0 Å². The molecule has 2 aromatic rings. The molecule has 0 radical (unpaired) electrons. The topological polar surface area (TPSA) is 32.9 Å². The monoisotopic (exact) mass is 275 g/mol. The highest BCUT2D eigenvalue weighted by Gasteiger charge is 2.35. The summed E-state index contributed by atoms with van der Waals surface area (Å²) in [6, 6.07) is 4.49. The lowest BCUT2D eigenvalue weighted by atomic mass is 10.0. The summed E-state index contributed by atoms with van der Waals surface area (Å²) < 4.78 is 64.8. The third-order valence-electron chi connectivity index (χ3n) is 2.44. The van der Waals surface area contributed by atoms with Crippen LogP contribution in [-0.2, 0) is 6.18 Å². The minimum Gasteiger partial charge on any atom is -0.318 e. The van der Waals surface area contributed by atoms with Crippen LogP contribution >= 0.6 is 0 Å². The van der Waals surface area contributed by atoms with Gasteiger partial charge in [0.2, 0.25) is 5.56 Å². The van der Waals surface area contributed by atoms with Crippen LogP contribution in [0, 0.1) is 11.6 Å². The molecule has 0 atom stereocenters. The average Bonchev–Trinajstić information content (AvgIpc) is 2.32. The van der Waals surface area contributed by atoms with Gasteiger partial charge in [0.25, 0.3) is 0 Å². The lowest BCUT2D eigenvalue weighted by Gasteiger charge is -2.12. The van der Waals surface area contributed by atoms with Gasteiger partial charge in [-0.15, -0.1) is 0 Å². The van der Waals surface area contributed by atoms with E-state index in [0.717, 1.165) is 30.3 Å². The summed E-state index contributed by atoms with van der Waals surface area (Å²) >= 11 is 0. The van der Waals surface area contributed by atoms with Crippen molar-refractivity contribution in [2.75, 3.05) is 0 Å². The summed E-state index contributed by atoms with van der Waals surface area (Å²) in [4.78, 5) is 12.5. The number of halogens is 5. The number of hydrogen-bond donors (Lipinski definition) is 1. The molecule has 1 N–H and O–H groups in total. The number of hydrogen-bond acceptors (Lipinski definition) is 1. The first-order valence-corrected chi connectivity index (χ1v) is 5.05. The summed E-state index contributed by atoms with van der Waals surface area (Å²) in [6.07, 6.45) is -4.88. The van der Waals surface area contributed by atoms with Crippen LogP contribution in [0.3, 0.4) is 0 Å². The van der Waals surface area contributed by atoms with E-state index in [0.29, 0.717) is 0 Å². The fraction of sp³-hybridized carbons (Fsp3) is 0.0833. The second kappa shape index (κ2) is 4.49. The van der Waals surface area contributed by atoms with E-state index in [1.165, 1.54) is 0 Å². The quantitative estimate of drug-likeness (QED) is 0.795. The molecule has 0 saturated heterocycles. The van der Waals surface area contributed by atoms with Crippen LogP contribution in [0.1, 0.15) is 5.69 Å². The van der Waals surface area contributed by atoms with Crippen molar-refractivity contribution in [3.8, 4) is 11.1 Å². The fourth-order valence-corrected chi connectivity index (χ4v) is 1.63. The molecule has 0 spiro atoms. The fourth-order valence-electron chi connectivity index (χ4n) is 1.63. The van der Waals surface area contributed by atoms with E-state index >= 15 is 0 Å². The summed E-state index contributed by atoms with van der Waals surface area (Å²) in [7, 11) is 0. The predicted molar refractivity (Wildman–Crippen MR) is 57.4 cm³/mol. The van der Waals surface area contributed by atoms with Gasteiger partial charge in [-0.1, -0.05) is 12.1 Å². The van der Waals surface area contributed by atoms with Crippen LogP contribution in [0.4, 0.5) is 22.0 Å². The van der Waals surface area contributed by atoms with E-state index in [1.54, 1.807) is 4.98 Å². The molecule has 2 nitrogen and oxygen atoms in total. The highest BCUT2D eigenvalue weighted by molar-refractivity contribution is 5.67. The van der Waals surface area contributed by atoms with Crippen molar-refractivity contribution < 1.29 is 22.0 Å². The lowest BCUT2D eigenvalue weighted by molar-refractivity contribution is -0.140. The van der Waals surface area contributed by atoms with Gasteiger partial charge in [-0.3, -0.25) is 4.79 Å². The summed E-state index contributed by atoms with van der Waals surface area (Å²) in [5.41, 5.74) is -3.58. The second-order valence-corrected chi connectivity index (χ2v) is 3.71. The zero-order valence-corrected chi connectivity index (χ0v) is 9.18. The van der Waals surface area contributed by atoms with E-state index in [-0.39, 0.29) is 0 Å². The molecule has 19 heavy (non-hydrogen) atoms. The lowest BCUT2D eigenvalue weighted by Crippen LogP contribution is -2.17. The van der Waals surface area contributed by atoms with E-state index in [1.807, 2.05) is 0 Å². The summed E-state index contributed by atoms with van der Waals surface area (Å²) in [6.45, 7) is 0. The number of H-pyrrole nitrogens is 1. The SMILES string of the molecule is O=c1ccc(-c2cccc(F)c2F)c(C(F)(F)F)[nH]1. The Labute approximate surface area is 103 Å². The van der Waals surface area contributed by atoms with Gasteiger partial charge >= 0.3 is 6.18 Å². The van der Waals surface area contributed by atoms with Gasteiger partial charge < -0.3 is 4.98 Å². The Kier molecular flexibility index (Phi) is 3.13. The highest BCUT2D eigenvalue weighted by Crippen LogP contribution is 2.35. The van der Waals surface area contributed by atoms with Crippen LogP contribution in [0.25, 0.3) is 11.1 Å². The summed E-state index contributed by atoms with van der Waals surface area (Å²) in [5.74, 6) is -2.67. The zero-order valence-electron chi connectivity index (χ0n) is 9.18. The number of aromatic amines is 1. The largest absolute Gasteiger partial charge is 0.431 e. The minimum absolute atomic E-state index is 0.566. The normalized spacial score (nSPS) is 11.6. The second-order valence-electron chi connectivity index (χ2n) is 3.71. The minimum atomic E-state index is -4.88. The molecule has 100 valence electrons. The van der Waals surface area contributed by atoms with Crippen LogP contribution in [0.15, 0.2) is 35.1 Å². The molecule has 2 rings (SSSR count). The molecule has 0 aliphatic rings. The van der Waals surface area contributed by atoms with Gasteiger partial charge in [0, 0.05) is 17.2 Å². The van der Waals surface area contributed by atoms with Crippen molar-refractivity contribution in [2.45, 2.75) is 6.18 Å². The maximum atomic E-state index is 13.5. The zero-order chi connectivity index (χ0) is 14.2. The van der Waals surface area contributed by atoms with E-state index in [2.05, 4.69) is 0 Å². The first kappa shape index (κ1) is 13.3. The van der Waals surface area contributed by atoms with Crippen molar-refractivity contribution in [2.24, 2.45) is 0 Å². The Morgan fingerprint density at radius 3 is 2.26 bits per heavy atom. The molecule has 7 heteroatoms. The Morgan fingerprint density at radius 2 is 1.63 bits per heavy atom. The first-order chi connectivity index (χ1) is 8.80. The maximum Gasteiger partial charge on any atom is 0.431 e. The molecule has 0 aliphatic carbocycles. The standard InChI is InChI=1S/C12H6F5NO/c13-8-3-1-2-6(10(8)14)7-4-5-9(19)18-11(7)12(15,16)17/h1-5H,(H,18,19). The summed E-state index contributed by atoms with van der Waals surface area (Å²) in [5, 5.41) is 0. The molecule has 1 heterocycles. The smallest absolute Gasteiger partial charge is 0.318 e. The molecular weight excluding hydrogens is 269 g/mol. The molecule has 1 aromatic heterocycles. The molecule has 1 aromatic carbocycles. The van der Waals surface area contributed by atoms with Gasteiger partial charge in [-0.05, 0) is 12.1 Å². The Balaban J connectivity index is 2.76. The molecule has 0 aliphatic heterocycles. The molecule has 0 saturated carbocycles. The van der Waals surface area contributed by atoms with Gasteiger partial charge in [-0.2, -0.15) is 13.2 Å². The van der Waals surface area contributed by atoms with E-state index in [9.17, 15) is 26.7 Å². The van der Waals surface area contributed by atoms with Crippen molar-refractivity contribution in [3.05, 3.63) is 58.0 Å². The number of benzene rings is 1. The van der Waals surface area contributed by atoms with Gasteiger partial charge in [0.1, 0.15) is 5.69 Å². The predicted octanol–water partition coefficient (Wildman–Crippen LogP) is 3.34. The van der Waals surface area contributed by atoms with Crippen LogP contribution in [0.5, 0.6) is 0 Å². The van der Waals surface area contributed by atoms with E-state index in [4.69, 9.17) is 0 Å². The number of rotatable bonds is 1. The van der Waals surface area contributed by atoms with Crippen molar-refractivity contribution >= 4 is 0 Å². The third-order valence-corrected chi connectivity index (χ3v) is 2.44. The Bertz CT molecular complexity index is 675. The molecular formula is C12H6F5NO. The molecule has 0 unspecified atom stereocenters. The Hall–Kier alpha value is -2.18. The number of aromatic nitrogens is 1. The van der Waals surface area contributed by atoms with Crippen molar-refractivity contribution in [3.63, 3.8) is 0 Å². The molecule has 0 bridgehead atoms. The number of nitrogens with one attached hydrogen (secondary N) is 1. The number of pyridine rings is 1. The highest BCUT2D eigenvalue weighted by atomic mass is 19.4. The van der Waals surface area contributed by atoms with Crippen LogP contribution < -0.4 is 5.56 Å². The van der Waals surface area contributed by atoms with Crippen molar-refractivity contribution in [1.82, 2.24) is 4.98 Å². The van der Waals surface area contributed by atoms with Gasteiger partial charge in [0.15, 0.2) is 11.6 Å². The molecule has 0 amide bonds. The average molecular weight is 275 g/mol. The number of alkyl halides is 3. The first-order valence-electron chi connectivity index (χ1n) is 5.05.